The number of hydrogen-bond acceptors (Lipinski definition) is 4. The Balaban J connectivity index is 2.01. The van der Waals surface area contributed by atoms with Gasteiger partial charge in [0.25, 0.3) is 11.8 Å². The normalized spacial score (nSPS) is 18.1. The molecule has 0 bridgehead atoms. The van der Waals surface area contributed by atoms with E-state index in [0.29, 0.717) is 26.7 Å². The zero-order chi connectivity index (χ0) is 25.3. The molecule has 3 atom stereocenters. The molecule has 2 amide bonds. The van der Waals surface area contributed by atoms with Crippen LogP contribution in [-0.2, 0) is 14.4 Å². The number of aliphatic carboxylic acids is 1. The van der Waals surface area contributed by atoms with Crippen LogP contribution in [0.1, 0.15) is 45.0 Å². The predicted molar refractivity (Wildman–Crippen MR) is 131 cm³/mol. The van der Waals surface area contributed by atoms with Crippen molar-refractivity contribution in [1.82, 2.24) is 9.96 Å². The van der Waals surface area contributed by atoms with Crippen molar-refractivity contribution in [3.63, 3.8) is 0 Å². The second-order valence-electron chi connectivity index (χ2n) is 8.08. The van der Waals surface area contributed by atoms with Crippen molar-refractivity contribution in [3.8, 4) is 0 Å². The fourth-order valence-electron chi connectivity index (χ4n) is 4.47. The molecule has 7 nitrogen and oxygen atoms in total. The third-order valence-electron chi connectivity index (χ3n) is 6.14. The number of carboxylic acid groups (broad SMARTS) is 1. The third kappa shape index (κ3) is 4.62. The third-order valence-corrected chi connectivity index (χ3v) is 6.64. The van der Waals surface area contributed by atoms with Gasteiger partial charge in [-0.2, -0.15) is 0 Å². The van der Waals surface area contributed by atoms with Gasteiger partial charge >= 0.3 is 5.97 Å². The maximum absolute atomic E-state index is 13.9. The van der Waals surface area contributed by atoms with Gasteiger partial charge in [-0.05, 0) is 47.0 Å². The Labute approximate surface area is 212 Å². The number of halogens is 2. The molecule has 0 spiro atoms. The van der Waals surface area contributed by atoms with Crippen molar-refractivity contribution in [1.29, 1.82) is 0 Å². The topological polar surface area (TPSA) is 87.2 Å². The molecular weight excluding hydrogens is 491 g/mol. The fourth-order valence-corrected chi connectivity index (χ4v) is 4.72. The van der Waals surface area contributed by atoms with Crippen LogP contribution >= 0.6 is 23.2 Å². The summed E-state index contributed by atoms with van der Waals surface area (Å²) in [5, 5.41) is 12.3. The summed E-state index contributed by atoms with van der Waals surface area (Å²) in [7, 11) is 2.83. The molecule has 35 heavy (non-hydrogen) atoms. The van der Waals surface area contributed by atoms with Crippen molar-refractivity contribution in [2.45, 2.75) is 18.0 Å². The lowest BCUT2D eigenvalue weighted by molar-refractivity contribution is -0.173. The number of carbonyl (C=O) groups is 3. The van der Waals surface area contributed by atoms with Crippen molar-refractivity contribution in [2.75, 3.05) is 14.2 Å². The molecule has 0 aliphatic carbocycles. The maximum Gasteiger partial charge on any atom is 0.331 e. The van der Waals surface area contributed by atoms with Gasteiger partial charge in [-0.25, -0.2) is 9.86 Å². The molecule has 1 N–H and O–H groups in total. The number of hydrogen-bond donors (Lipinski definition) is 1. The van der Waals surface area contributed by atoms with E-state index in [1.165, 1.54) is 19.1 Å². The van der Waals surface area contributed by atoms with Crippen LogP contribution in [0.3, 0.4) is 0 Å². The van der Waals surface area contributed by atoms with Crippen LogP contribution in [-0.4, -0.2) is 47.0 Å². The number of fused-ring (bicyclic) bond motifs is 1. The van der Waals surface area contributed by atoms with E-state index in [4.69, 9.17) is 28.0 Å². The average Bonchev–Trinajstić information content (AvgIpc) is 2.86. The van der Waals surface area contributed by atoms with Gasteiger partial charge in [0.05, 0.1) is 19.1 Å². The fraction of sp³-hybridized carbons (Fsp3) is 0.192. The minimum absolute atomic E-state index is 0.251. The molecule has 0 saturated carbocycles. The van der Waals surface area contributed by atoms with Crippen LogP contribution in [0.2, 0.25) is 10.0 Å². The molecule has 3 aromatic carbocycles. The van der Waals surface area contributed by atoms with Crippen molar-refractivity contribution in [2.24, 2.45) is 0 Å². The van der Waals surface area contributed by atoms with Crippen LogP contribution in [0.4, 0.5) is 0 Å². The van der Waals surface area contributed by atoms with Gasteiger partial charge in [-0.1, -0.05) is 65.7 Å². The highest BCUT2D eigenvalue weighted by molar-refractivity contribution is 6.30. The second kappa shape index (κ2) is 10.1. The lowest BCUT2D eigenvalue weighted by Gasteiger charge is -2.45. The summed E-state index contributed by atoms with van der Waals surface area (Å²) in [6, 6.07) is 17.3. The van der Waals surface area contributed by atoms with Crippen LogP contribution in [0.5, 0.6) is 0 Å². The number of carboxylic acids is 1. The first-order valence-electron chi connectivity index (χ1n) is 10.7. The van der Waals surface area contributed by atoms with Crippen LogP contribution in [0.15, 0.2) is 72.8 Å². The van der Waals surface area contributed by atoms with Crippen molar-refractivity contribution < 1.29 is 24.3 Å². The molecule has 0 aromatic heterocycles. The number of hydroxylamine groups is 2. The number of nitrogens with zero attached hydrogens (tertiary/aromatic N) is 2. The van der Waals surface area contributed by atoms with E-state index in [-0.39, 0.29) is 5.56 Å². The monoisotopic (exact) mass is 512 g/mol. The van der Waals surface area contributed by atoms with Gasteiger partial charge in [-0.3, -0.25) is 14.4 Å². The minimum Gasteiger partial charge on any atom is -0.479 e. The van der Waals surface area contributed by atoms with E-state index in [1.807, 2.05) is 0 Å². The number of likely N-dealkylation sites (N-methyl/N-ethyl adjacent to an activating group) is 1. The average molecular weight is 513 g/mol. The van der Waals surface area contributed by atoms with Crippen LogP contribution < -0.4 is 0 Å². The quantitative estimate of drug-likeness (QED) is 0.463. The van der Waals surface area contributed by atoms with Gasteiger partial charge in [0.2, 0.25) is 0 Å². The van der Waals surface area contributed by atoms with Crippen molar-refractivity contribution in [3.05, 3.63) is 105 Å². The molecule has 3 unspecified atom stereocenters. The summed E-state index contributed by atoms with van der Waals surface area (Å²) < 4.78 is 0. The van der Waals surface area contributed by atoms with Gasteiger partial charge in [0, 0.05) is 22.7 Å². The highest BCUT2D eigenvalue weighted by Gasteiger charge is 2.49. The van der Waals surface area contributed by atoms with E-state index in [9.17, 15) is 19.5 Å². The highest BCUT2D eigenvalue weighted by Crippen LogP contribution is 2.47. The molecule has 0 fully saturated rings. The summed E-state index contributed by atoms with van der Waals surface area (Å²) in [4.78, 5) is 46.7. The Morgan fingerprint density at radius 1 is 0.971 bits per heavy atom. The van der Waals surface area contributed by atoms with Gasteiger partial charge < -0.3 is 10.0 Å². The van der Waals surface area contributed by atoms with Gasteiger partial charge in [-0.15, -0.1) is 0 Å². The van der Waals surface area contributed by atoms with E-state index in [2.05, 4.69) is 0 Å². The zero-order valence-electron chi connectivity index (χ0n) is 18.9. The van der Waals surface area contributed by atoms with Crippen molar-refractivity contribution >= 4 is 41.0 Å². The van der Waals surface area contributed by atoms with E-state index >= 15 is 0 Å². The van der Waals surface area contributed by atoms with E-state index in [1.54, 1.807) is 72.8 Å². The molecule has 1 aliphatic rings. The van der Waals surface area contributed by atoms with E-state index < -0.39 is 35.8 Å². The molecule has 1 aliphatic heterocycles. The lowest BCUT2D eigenvalue weighted by atomic mass is 9.78. The number of benzene rings is 3. The SMILES string of the molecule is CON(C)C(=O)C1c2ccccc2C(=O)N(C(C(=O)O)c2ccc(Cl)cc2)C1c1ccc(Cl)cc1. The molecule has 0 saturated heterocycles. The second-order valence-corrected chi connectivity index (χ2v) is 8.96. The Hall–Kier alpha value is -3.39. The zero-order valence-corrected chi connectivity index (χ0v) is 20.4. The molecule has 4 rings (SSSR count). The first-order valence-corrected chi connectivity index (χ1v) is 11.5. The number of rotatable bonds is 6. The standard InChI is InChI=1S/C26H22Cl2N2O5/c1-29(35-2)25(32)21-19-5-3-4-6-20(19)24(31)30(22(21)15-7-11-17(27)12-8-15)23(26(33)34)16-9-13-18(28)14-10-16/h3-14,21-23H,1-2H3,(H,33,34). The first-order chi connectivity index (χ1) is 16.7. The number of amides is 2. The molecule has 0 radical (unpaired) electrons. The Kier molecular flexibility index (Phi) is 7.12. The van der Waals surface area contributed by atoms with E-state index in [0.717, 1.165) is 5.06 Å². The summed E-state index contributed by atoms with van der Waals surface area (Å²) >= 11 is 12.1. The summed E-state index contributed by atoms with van der Waals surface area (Å²) in [5.74, 6) is -3.13. The molecule has 3 aromatic rings. The molecule has 1 heterocycles. The van der Waals surface area contributed by atoms with Crippen LogP contribution in [0.25, 0.3) is 0 Å². The molecule has 180 valence electrons. The van der Waals surface area contributed by atoms with Gasteiger partial charge in [0.1, 0.15) is 0 Å². The Bertz CT molecular complexity index is 1260. The molecular formula is C26H22Cl2N2O5. The Morgan fingerprint density at radius 2 is 1.54 bits per heavy atom. The first kappa shape index (κ1) is 24.7. The largest absolute Gasteiger partial charge is 0.479 e. The lowest BCUT2D eigenvalue weighted by Crippen LogP contribution is -2.50. The summed E-state index contributed by atoms with van der Waals surface area (Å²) in [5.41, 5.74) is 1.64. The molecule has 9 heteroatoms. The van der Waals surface area contributed by atoms with Crippen LogP contribution in [0, 0.1) is 0 Å². The highest BCUT2D eigenvalue weighted by atomic mass is 35.5. The summed E-state index contributed by atoms with van der Waals surface area (Å²) in [6.45, 7) is 0. The van der Waals surface area contributed by atoms with Gasteiger partial charge in [0.15, 0.2) is 6.04 Å². The summed E-state index contributed by atoms with van der Waals surface area (Å²) in [6.07, 6.45) is 0. The maximum atomic E-state index is 13.9. The predicted octanol–water partition coefficient (Wildman–Crippen LogP) is 5.12. The minimum atomic E-state index is -1.39. The smallest absolute Gasteiger partial charge is 0.331 e. The Morgan fingerprint density at radius 3 is 2.11 bits per heavy atom. The number of carbonyl (C=O) groups excluding carboxylic acids is 2.